The number of carbonyl (C=O) groups excluding carboxylic acids is 3. The molecule has 0 bridgehead atoms. The summed E-state index contributed by atoms with van der Waals surface area (Å²) in [5.41, 5.74) is 7.97. The molecular weight excluding hydrogens is 428 g/mol. The van der Waals surface area contributed by atoms with Gasteiger partial charge in [-0.3, -0.25) is 4.79 Å². The van der Waals surface area contributed by atoms with E-state index in [-0.39, 0.29) is 5.41 Å². The van der Waals surface area contributed by atoms with Crippen molar-refractivity contribution >= 4 is 39.9 Å². The average Bonchev–Trinajstić information content (AvgIpc) is 3.09. The molecule has 0 saturated carbocycles. The number of thiophene rings is 1. The second-order valence-electron chi connectivity index (χ2n) is 9.16. The first-order valence-corrected chi connectivity index (χ1v) is 11.4. The van der Waals surface area contributed by atoms with Gasteiger partial charge in [0.25, 0.3) is 5.91 Å². The van der Waals surface area contributed by atoms with E-state index >= 15 is 0 Å². The molecule has 172 valence electrons. The maximum absolute atomic E-state index is 12.8. The molecule has 1 aliphatic carbocycles. The van der Waals surface area contributed by atoms with Crippen molar-refractivity contribution in [3.63, 3.8) is 0 Å². The largest absolute Gasteiger partial charge is 0.465 e. The predicted octanol–water partition coefficient (Wildman–Crippen LogP) is 4.45. The van der Waals surface area contributed by atoms with Gasteiger partial charge < -0.3 is 20.5 Å². The Hall–Kier alpha value is -2.87. The number of amides is 1. The van der Waals surface area contributed by atoms with Gasteiger partial charge in [-0.2, -0.15) is 0 Å². The van der Waals surface area contributed by atoms with Gasteiger partial charge in [-0.05, 0) is 67.3 Å². The lowest BCUT2D eigenvalue weighted by Gasteiger charge is -2.33. The van der Waals surface area contributed by atoms with Crippen LogP contribution in [0.2, 0.25) is 0 Å². The number of esters is 2. The summed E-state index contributed by atoms with van der Waals surface area (Å²) in [6.45, 7) is 8.15. The molecule has 8 heteroatoms. The van der Waals surface area contributed by atoms with Crippen molar-refractivity contribution in [2.45, 2.75) is 53.1 Å². The fourth-order valence-corrected chi connectivity index (χ4v) is 5.16. The average molecular weight is 459 g/mol. The van der Waals surface area contributed by atoms with Gasteiger partial charge in [0.1, 0.15) is 5.00 Å². The Kier molecular flexibility index (Phi) is 6.93. The van der Waals surface area contributed by atoms with E-state index in [1.54, 1.807) is 12.1 Å². The van der Waals surface area contributed by atoms with Crippen LogP contribution in [-0.2, 0) is 27.1 Å². The fourth-order valence-electron chi connectivity index (χ4n) is 3.85. The van der Waals surface area contributed by atoms with Gasteiger partial charge in [0.05, 0.1) is 18.2 Å². The van der Waals surface area contributed by atoms with Crippen LogP contribution in [-0.4, -0.2) is 31.1 Å². The summed E-state index contributed by atoms with van der Waals surface area (Å²) in [5.74, 6) is -1.12. The number of ether oxygens (including phenoxy) is 2. The molecule has 0 fully saturated rings. The summed E-state index contributed by atoms with van der Waals surface area (Å²) in [6.07, 6.45) is 1.54. The van der Waals surface area contributed by atoms with Crippen LogP contribution in [0.3, 0.4) is 0 Å². The van der Waals surface area contributed by atoms with E-state index in [0.717, 1.165) is 29.7 Å². The van der Waals surface area contributed by atoms with Crippen LogP contribution in [0.25, 0.3) is 0 Å². The van der Waals surface area contributed by atoms with Crippen LogP contribution < -0.4 is 11.1 Å². The topological polar surface area (TPSA) is 108 Å². The fraction of sp³-hybridized carbons (Fsp3) is 0.458. The summed E-state index contributed by atoms with van der Waals surface area (Å²) < 4.78 is 10.3. The number of nitrogens with one attached hydrogen (secondary N) is 1. The zero-order valence-corrected chi connectivity index (χ0v) is 19.9. The van der Waals surface area contributed by atoms with Crippen LogP contribution in [0.15, 0.2) is 24.3 Å². The number of carbonyl (C=O) groups is 3. The molecule has 0 saturated heterocycles. The Morgan fingerprint density at radius 1 is 1.16 bits per heavy atom. The predicted molar refractivity (Wildman–Crippen MR) is 125 cm³/mol. The first-order chi connectivity index (χ1) is 15.0. The van der Waals surface area contributed by atoms with Crippen molar-refractivity contribution in [2.24, 2.45) is 11.3 Å². The SMILES string of the molecule is COC(=O)c1c(NC(=O)C(C)OC(=O)c2ccc(N)cc2)sc2c1CCC(C(C)(C)C)C2. The Labute approximate surface area is 192 Å². The highest BCUT2D eigenvalue weighted by Gasteiger charge is 2.34. The van der Waals surface area contributed by atoms with Gasteiger partial charge in [-0.25, -0.2) is 9.59 Å². The third kappa shape index (κ3) is 5.12. The molecule has 0 radical (unpaired) electrons. The van der Waals surface area contributed by atoms with Gasteiger partial charge in [-0.1, -0.05) is 20.8 Å². The molecule has 3 N–H and O–H groups in total. The lowest BCUT2D eigenvalue weighted by atomic mass is 9.72. The van der Waals surface area contributed by atoms with Gasteiger partial charge in [0, 0.05) is 10.6 Å². The summed E-state index contributed by atoms with van der Waals surface area (Å²) in [4.78, 5) is 38.7. The van der Waals surface area contributed by atoms with Crippen LogP contribution in [0.1, 0.15) is 65.3 Å². The number of anilines is 2. The van der Waals surface area contributed by atoms with Crippen molar-refractivity contribution < 1.29 is 23.9 Å². The van der Waals surface area contributed by atoms with Crippen molar-refractivity contribution in [3.05, 3.63) is 45.8 Å². The molecule has 7 nitrogen and oxygen atoms in total. The van der Waals surface area contributed by atoms with E-state index in [0.29, 0.717) is 27.7 Å². The van der Waals surface area contributed by atoms with Gasteiger partial charge in [0.15, 0.2) is 6.10 Å². The molecule has 1 amide bonds. The summed E-state index contributed by atoms with van der Waals surface area (Å²) in [7, 11) is 1.33. The second kappa shape index (κ2) is 9.32. The minimum atomic E-state index is -1.05. The zero-order chi connectivity index (χ0) is 23.6. The van der Waals surface area contributed by atoms with Gasteiger partial charge in [-0.15, -0.1) is 11.3 Å². The molecule has 2 atom stereocenters. The standard InChI is InChI=1S/C24H30N2O5S/c1-13(31-22(28)14-6-9-16(25)10-7-14)20(27)26-21-19(23(29)30-5)17-11-8-15(24(2,3)4)12-18(17)32-21/h6-7,9-10,13,15H,8,11-12,25H2,1-5H3,(H,26,27). The zero-order valence-electron chi connectivity index (χ0n) is 19.1. The third-order valence-electron chi connectivity index (χ3n) is 5.92. The second-order valence-corrected chi connectivity index (χ2v) is 10.3. The molecule has 1 aliphatic rings. The summed E-state index contributed by atoms with van der Waals surface area (Å²) in [6, 6.07) is 6.25. The number of benzene rings is 1. The molecule has 0 spiro atoms. The normalized spacial score (nSPS) is 16.6. The minimum absolute atomic E-state index is 0.154. The first kappa shape index (κ1) is 23.8. The van der Waals surface area contributed by atoms with E-state index in [4.69, 9.17) is 15.2 Å². The number of hydrogen-bond acceptors (Lipinski definition) is 7. The maximum Gasteiger partial charge on any atom is 0.341 e. The van der Waals surface area contributed by atoms with Crippen LogP contribution in [0.5, 0.6) is 0 Å². The summed E-state index contributed by atoms with van der Waals surface area (Å²) >= 11 is 1.40. The van der Waals surface area contributed by atoms with Gasteiger partial charge >= 0.3 is 11.9 Å². The highest BCUT2D eigenvalue weighted by atomic mass is 32.1. The molecule has 2 aromatic rings. The lowest BCUT2D eigenvalue weighted by Crippen LogP contribution is -2.30. The van der Waals surface area contributed by atoms with Crippen LogP contribution in [0, 0.1) is 11.3 Å². The third-order valence-corrected chi connectivity index (χ3v) is 7.09. The number of nitrogens with two attached hydrogens (primary N) is 1. The van der Waals surface area contributed by atoms with E-state index < -0.39 is 23.9 Å². The molecule has 1 aromatic heterocycles. The van der Waals surface area contributed by atoms with E-state index in [9.17, 15) is 14.4 Å². The maximum atomic E-state index is 12.8. The molecule has 0 aliphatic heterocycles. The minimum Gasteiger partial charge on any atom is -0.465 e. The molecule has 2 unspecified atom stereocenters. The number of methoxy groups -OCH3 is 1. The Morgan fingerprint density at radius 2 is 1.81 bits per heavy atom. The lowest BCUT2D eigenvalue weighted by molar-refractivity contribution is -0.123. The van der Waals surface area contributed by atoms with E-state index in [1.165, 1.54) is 37.5 Å². The number of nitrogen functional groups attached to an aromatic ring is 1. The van der Waals surface area contributed by atoms with Crippen molar-refractivity contribution in [3.8, 4) is 0 Å². The Balaban J connectivity index is 1.77. The summed E-state index contributed by atoms with van der Waals surface area (Å²) in [5, 5.41) is 3.23. The molecule has 1 heterocycles. The first-order valence-electron chi connectivity index (χ1n) is 10.6. The molecule has 3 rings (SSSR count). The Bertz CT molecular complexity index is 1020. The van der Waals surface area contributed by atoms with E-state index in [2.05, 4.69) is 26.1 Å². The van der Waals surface area contributed by atoms with Crippen molar-refractivity contribution in [1.82, 2.24) is 0 Å². The molecular formula is C24H30N2O5S. The van der Waals surface area contributed by atoms with Crippen LogP contribution in [0.4, 0.5) is 10.7 Å². The number of fused-ring (bicyclic) bond motifs is 1. The van der Waals surface area contributed by atoms with E-state index in [1.807, 2.05) is 0 Å². The van der Waals surface area contributed by atoms with Crippen LogP contribution >= 0.6 is 11.3 Å². The quantitative estimate of drug-likeness (QED) is 0.506. The van der Waals surface area contributed by atoms with Crippen molar-refractivity contribution in [1.29, 1.82) is 0 Å². The highest BCUT2D eigenvalue weighted by Crippen LogP contribution is 2.44. The highest BCUT2D eigenvalue weighted by molar-refractivity contribution is 7.17. The number of hydrogen-bond donors (Lipinski definition) is 2. The Morgan fingerprint density at radius 3 is 2.41 bits per heavy atom. The smallest absolute Gasteiger partial charge is 0.341 e. The molecule has 32 heavy (non-hydrogen) atoms. The number of rotatable bonds is 5. The van der Waals surface area contributed by atoms with Gasteiger partial charge in [0.2, 0.25) is 0 Å². The van der Waals surface area contributed by atoms with Crippen molar-refractivity contribution in [2.75, 3.05) is 18.2 Å². The monoisotopic (exact) mass is 458 g/mol. The molecule has 1 aromatic carbocycles.